The molecule has 1 aromatic carbocycles. The molecule has 0 spiro atoms. The molecule has 0 radical (unpaired) electrons. The van der Waals surface area contributed by atoms with E-state index in [0.29, 0.717) is 18.1 Å². The number of hydrogen-bond donors (Lipinski definition) is 0. The molecule has 0 fully saturated rings. The Labute approximate surface area is 136 Å². The predicted octanol–water partition coefficient (Wildman–Crippen LogP) is 5.42. The molecule has 1 aliphatic rings. The average molecular weight is 303 g/mol. The summed E-state index contributed by atoms with van der Waals surface area (Å²) in [5.74, 6) is 1.63. The first kappa shape index (κ1) is 17.3. The molecule has 0 aromatic heterocycles. The SMILES string of the molecule is CCN1COc2ccc(C(CC(C)(C)C)C(C)(C)C)cc2C1. The number of benzene rings is 1. The number of nitrogens with zero attached hydrogens (tertiary/aromatic N) is 1. The highest BCUT2D eigenvalue weighted by Crippen LogP contribution is 2.44. The minimum Gasteiger partial charge on any atom is -0.478 e. The van der Waals surface area contributed by atoms with Gasteiger partial charge in [0.15, 0.2) is 0 Å². The molecule has 2 nitrogen and oxygen atoms in total. The fourth-order valence-corrected chi connectivity index (χ4v) is 3.27. The van der Waals surface area contributed by atoms with Crippen LogP contribution in [0.5, 0.6) is 5.75 Å². The second-order valence-corrected chi connectivity index (χ2v) is 8.97. The fraction of sp³-hybridized carbons (Fsp3) is 0.700. The molecule has 124 valence electrons. The van der Waals surface area contributed by atoms with Crippen molar-refractivity contribution in [1.82, 2.24) is 4.90 Å². The summed E-state index contributed by atoms with van der Waals surface area (Å²) in [6, 6.07) is 6.85. The van der Waals surface area contributed by atoms with Gasteiger partial charge in [-0.15, -0.1) is 0 Å². The molecule has 0 amide bonds. The van der Waals surface area contributed by atoms with E-state index in [1.54, 1.807) is 0 Å². The van der Waals surface area contributed by atoms with E-state index in [4.69, 9.17) is 4.74 Å². The molecular formula is C20H33NO. The zero-order valence-corrected chi connectivity index (χ0v) is 15.5. The van der Waals surface area contributed by atoms with Crippen LogP contribution in [0.2, 0.25) is 0 Å². The van der Waals surface area contributed by atoms with Gasteiger partial charge in [-0.25, -0.2) is 0 Å². The summed E-state index contributed by atoms with van der Waals surface area (Å²) in [6.07, 6.45) is 1.20. The fourth-order valence-electron chi connectivity index (χ4n) is 3.27. The molecular weight excluding hydrogens is 270 g/mol. The molecule has 1 aliphatic heterocycles. The maximum absolute atomic E-state index is 5.87. The smallest absolute Gasteiger partial charge is 0.142 e. The minimum atomic E-state index is 0.265. The van der Waals surface area contributed by atoms with Crippen LogP contribution >= 0.6 is 0 Å². The molecule has 1 atom stereocenters. The van der Waals surface area contributed by atoms with E-state index in [-0.39, 0.29) is 5.41 Å². The van der Waals surface area contributed by atoms with Gasteiger partial charge in [0, 0.05) is 12.1 Å². The Kier molecular flexibility index (Phi) is 4.91. The van der Waals surface area contributed by atoms with Crippen molar-refractivity contribution >= 4 is 0 Å². The minimum absolute atomic E-state index is 0.265. The molecule has 1 heterocycles. The number of fused-ring (bicyclic) bond motifs is 1. The quantitative estimate of drug-likeness (QED) is 0.739. The second-order valence-electron chi connectivity index (χ2n) is 8.97. The van der Waals surface area contributed by atoms with Crippen molar-refractivity contribution in [3.8, 4) is 5.75 Å². The van der Waals surface area contributed by atoms with Crippen LogP contribution < -0.4 is 4.74 Å². The van der Waals surface area contributed by atoms with Gasteiger partial charge in [0.1, 0.15) is 12.5 Å². The highest BCUT2D eigenvalue weighted by atomic mass is 16.5. The maximum Gasteiger partial charge on any atom is 0.142 e. The van der Waals surface area contributed by atoms with Gasteiger partial charge in [0.2, 0.25) is 0 Å². The van der Waals surface area contributed by atoms with Gasteiger partial charge in [-0.3, -0.25) is 4.90 Å². The normalized spacial score (nSPS) is 17.8. The summed E-state index contributed by atoms with van der Waals surface area (Å²) in [5, 5.41) is 0. The summed E-state index contributed by atoms with van der Waals surface area (Å²) in [4.78, 5) is 2.34. The standard InChI is InChI=1S/C20H33NO/c1-8-21-13-16-11-15(9-10-18(16)22-14-21)17(20(5,6)7)12-19(2,3)4/h9-11,17H,8,12-14H2,1-7H3. The Bertz CT molecular complexity index is 507. The first-order valence-electron chi connectivity index (χ1n) is 8.58. The monoisotopic (exact) mass is 303 g/mol. The Balaban J connectivity index is 2.33. The number of rotatable bonds is 3. The van der Waals surface area contributed by atoms with Crippen LogP contribution in [-0.4, -0.2) is 18.2 Å². The first-order chi connectivity index (χ1) is 10.1. The lowest BCUT2D eigenvalue weighted by atomic mass is 9.69. The van der Waals surface area contributed by atoms with E-state index in [9.17, 15) is 0 Å². The van der Waals surface area contributed by atoms with Gasteiger partial charge in [-0.2, -0.15) is 0 Å². The van der Waals surface area contributed by atoms with Crippen LogP contribution in [0.1, 0.15) is 71.9 Å². The Morgan fingerprint density at radius 3 is 2.36 bits per heavy atom. The molecule has 22 heavy (non-hydrogen) atoms. The number of ether oxygens (including phenoxy) is 1. The molecule has 1 aromatic rings. The lowest BCUT2D eigenvalue weighted by molar-refractivity contribution is 0.101. The third kappa shape index (κ3) is 4.25. The highest BCUT2D eigenvalue weighted by molar-refractivity contribution is 5.40. The van der Waals surface area contributed by atoms with Crippen LogP contribution in [0, 0.1) is 10.8 Å². The van der Waals surface area contributed by atoms with Crippen molar-refractivity contribution < 1.29 is 4.74 Å². The van der Waals surface area contributed by atoms with Crippen molar-refractivity contribution in [2.24, 2.45) is 10.8 Å². The van der Waals surface area contributed by atoms with Gasteiger partial charge in [-0.1, -0.05) is 60.6 Å². The molecule has 0 saturated carbocycles. The summed E-state index contributed by atoms with van der Waals surface area (Å²) in [6.45, 7) is 19.0. The van der Waals surface area contributed by atoms with E-state index in [0.717, 1.165) is 18.8 Å². The van der Waals surface area contributed by atoms with Crippen molar-refractivity contribution in [2.75, 3.05) is 13.3 Å². The van der Waals surface area contributed by atoms with E-state index in [1.807, 2.05) is 0 Å². The van der Waals surface area contributed by atoms with Gasteiger partial charge >= 0.3 is 0 Å². The van der Waals surface area contributed by atoms with Gasteiger partial charge in [0.25, 0.3) is 0 Å². The van der Waals surface area contributed by atoms with E-state index in [1.165, 1.54) is 17.5 Å². The van der Waals surface area contributed by atoms with Gasteiger partial charge < -0.3 is 4.74 Å². The maximum atomic E-state index is 5.87. The lowest BCUT2D eigenvalue weighted by Gasteiger charge is -2.37. The van der Waals surface area contributed by atoms with Crippen molar-refractivity contribution in [2.45, 2.75) is 67.3 Å². The van der Waals surface area contributed by atoms with E-state index in [2.05, 4.69) is 71.6 Å². The molecule has 2 rings (SSSR count). The molecule has 2 heteroatoms. The van der Waals surface area contributed by atoms with E-state index < -0.39 is 0 Å². The second kappa shape index (κ2) is 6.23. The zero-order chi connectivity index (χ0) is 16.5. The average Bonchev–Trinajstić information content (AvgIpc) is 2.41. The van der Waals surface area contributed by atoms with Crippen molar-refractivity contribution in [1.29, 1.82) is 0 Å². The molecule has 0 aliphatic carbocycles. The Morgan fingerprint density at radius 2 is 1.82 bits per heavy atom. The Morgan fingerprint density at radius 1 is 1.14 bits per heavy atom. The largest absolute Gasteiger partial charge is 0.478 e. The number of hydrogen-bond acceptors (Lipinski definition) is 2. The Hall–Kier alpha value is -1.02. The van der Waals surface area contributed by atoms with Crippen LogP contribution in [0.25, 0.3) is 0 Å². The summed E-state index contributed by atoms with van der Waals surface area (Å²) in [5.41, 5.74) is 3.40. The van der Waals surface area contributed by atoms with Crippen LogP contribution in [0.3, 0.4) is 0 Å². The van der Waals surface area contributed by atoms with Crippen LogP contribution in [0.15, 0.2) is 18.2 Å². The van der Waals surface area contributed by atoms with Crippen LogP contribution in [-0.2, 0) is 6.54 Å². The molecule has 1 unspecified atom stereocenters. The van der Waals surface area contributed by atoms with Crippen molar-refractivity contribution in [3.05, 3.63) is 29.3 Å². The van der Waals surface area contributed by atoms with Crippen molar-refractivity contribution in [3.63, 3.8) is 0 Å². The molecule has 0 N–H and O–H groups in total. The summed E-state index contributed by atoms with van der Waals surface area (Å²) in [7, 11) is 0. The first-order valence-corrected chi connectivity index (χ1v) is 8.58. The highest BCUT2D eigenvalue weighted by Gasteiger charge is 2.31. The van der Waals surface area contributed by atoms with Gasteiger partial charge in [-0.05, 0) is 41.3 Å². The predicted molar refractivity (Wildman–Crippen MR) is 94.3 cm³/mol. The van der Waals surface area contributed by atoms with Gasteiger partial charge in [0.05, 0.1) is 0 Å². The third-order valence-corrected chi connectivity index (χ3v) is 4.59. The zero-order valence-electron chi connectivity index (χ0n) is 15.5. The van der Waals surface area contributed by atoms with E-state index >= 15 is 0 Å². The molecule has 0 saturated heterocycles. The third-order valence-electron chi connectivity index (χ3n) is 4.59. The molecule has 0 bridgehead atoms. The summed E-state index contributed by atoms with van der Waals surface area (Å²) >= 11 is 0. The topological polar surface area (TPSA) is 12.5 Å². The lowest BCUT2D eigenvalue weighted by Crippen LogP contribution is -2.32. The van der Waals surface area contributed by atoms with Crippen LogP contribution in [0.4, 0.5) is 0 Å². The summed E-state index contributed by atoms with van der Waals surface area (Å²) < 4.78 is 5.87.